The molecule has 0 saturated heterocycles. The van der Waals surface area contributed by atoms with Crippen LogP contribution in [0.25, 0.3) is 22.0 Å². The van der Waals surface area contributed by atoms with Gasteiger partial charge in [0.05, 0.1) is 23.0 Å². The molecule has 208 valence electrons. The second-order valence-corrected chi connectivity index (χ2v) is 10.2. The van der Waals surface area contributed by atoms with E-state index in [1.54, 1.807) is 29.2 Å². The standard InChI is InChI=1S/C32H27F3N4O2/c1-18-8-23-16-38-39(30(23)9-19(18)2)17-26(40)13-22(10-20-11-24(33)15-25(34)12-20)31-27(4-3-7-37-31)21-5-6-29(35)28(14-21)32(36)41/h3-9,11-12,14-16,22H,10,13,17H2,1-2H3,(H2,36,41)/t22-/m1/s1. The van der Waals surface area contributed by atoms with Crippen LogP contribution in [0.1, 0.15) is 45.1 Å². The molecule has 0 unspecified atom stereocenters. The van der Waals surface area contributed by atoms with E-state index in [0.29, 0.717) is 22.4 Å². The number of pyridine rings is 1. The molecule has 2 aromatic heterocycles. The third kappa shape index (κ3) is 6.04. The van der Waals surface area contributed by atoms with Gasteiger partial charge in [-0.05, 0) is 85.0 Å². The van der Waals surface area contributed by atoms with E-state index < -0.39 is 29.3 Å². The van der Waals surface area contributed by atoms with Crippen LogP contribution >= 0.6 is 0 Å². The van der Waals surface area contributed by atoms with Crippen LogP contribution in [0.4, 0.5) is 13.2 Å². The van der Waals surface area contributed by atoms with Crippen LogP contribution in [0.5, 0.6) is 0 Å². The molecule has 0 aliphatic carbocycles. The van der Waals surface area contributed by atoms with Crippen LogP contribution in [0.3, 0.4) is 0 Å². The molecular weight excluding hydrogens is 529 g/mol. The van der Waals surface area contributed by atoms with Gasteiger partial charge in [-0.1, -0.05) is 12.1 Å². The molecular formula is C32H27F3N4O2. The number of carbonyl (C=O) groups is 2. The van der Waals surface area contributed by atoms with Crippen molar-refractivity contribution in [2.75, 3.05) is 0 Å². The van der Waals surface area contributed by atoms with Gasteiger partial charge in [0, 0.05) is 35.6 Å². The summed E-state index contributed by atoms with van der Waals surface area (Å²) < 4.78 is 44.1. The molecule has 41 heavy (non-hydrogen) atoms. The smallest absolute Gasteiger partial charge is 0.251 e. The molecule has 3 aromatic carbocycles. The van der Waals surface area contributed by atoms with Crippen LogP contribution in [0, 0.1) is 31.3 Å². The lowest BCUT2D eigenvalue weighted by molar-refractivity contribution is -0.120. The first-order chi connectivity index (χ1) is 19.6. The largest absolute Gasteiger partial charge is 0.366 e. The van der Waals surface area contributed by atoms with Crippen molar-refractivity contribution in [3.05, 3.63) is 118 Å². The topological polar surface area (TPSA) is 90.9 Å². The molecule has 6 nitrogen and oxygen atoms in total. The highest BCUT2D eigenvalue weighted by atomic mass is 19.1. The average Bonchev–Trinajstić information content (AvgIpc) is 3.28. The fourth-order valence-electron chi connectivity index (χ4n) is 5.12. The number of ketones is 1. The number of amides is 1. The summed E-state index contributed by atoms with van der Waals surface area (Å²) in [7, 11) is 0. The van der Waals surface area contributed by atoms with Crippen LogP contribution < -0.4 is 5.73 Å². The highest BCUT2D eigenvalue weighted by Crippen LogP contribution is 2.33. The van der Waals surface area contributed by atoms with Crippen LogP contribution in [-0.2, 0) is 17.8 Å². The van der Waals surface area contributed by atoms with Gasteiger partial charge in [-0.2, -0.15) is 5.10 Å². The van der Waals surface area contributed by atoms with Gasteiger partial charge >= 0.3 is 0 Å². The van der Waals surface area contributed by atoms with Gasteiger partial charge < -0.3 is 5.73 Å². The molecule has 0 radical (unpaired) electrons. The van der Waals surface area contributed by atoms with E-state index in [1.165, 1.54) is 24.3 Å². The Morgan fingerprint density at radius 2 is 1.68 bits per heavy atom. The molecule has 2 N–H and O–H groups in total. The van der Waals surface area contributed by atoms with Crippen molar-refractivity contribution >= 4 is 22.6 Å². The summed E-state index contributed by atoms with van der Waals surface area (Å²) in [5, 5.41) is 5.32. The predicted octanol–water partition coefficient (Wildman–Crippen LogP) is 6.22. The van der Waals surface area contributed by atoms with Crippen molar-refractivity contribution in [2.45, 2.75) is 39.2 Å². The summed E-state index contributed by atoms with van der Waals surface area (Å²) in [6, 6.07) is 14.6. The molecule has 0 bridgehead atoms. The highest BCUT2D eigenvalue weighted by Gasteiger charge is 2.24. The van der Waals surface area contributed by atoms with Gasteiger partial charge in [0.25, 0.3) is 5.91 Å². The Labute approximate surface area is 234 Å². The van der Waals surface area contributed by atoms with E-state index in [2.05, 4.69) is 10.1 Å². The van der Waals surface area contributed by atoms with Crippen molar-refractivity contribution in [1.29, 1.82) is 0 Å². The fraction of sp³-hybridized carbons (Fsp3) is 0.188. The lowest BCUT2D eigenvalue weighted by Gasteiger charge is -2.20. The Bertz CT molecular complexity index is 1780. The zero-order chi connectivity index (χ0) is 29.3. The zero-order valence-electron chi connectivity index (χ0n) is 22.5. The number of halogens is 3. The number of nitrogens with zero attached hydrogens (tertiary/aromatic N) is 3. The summed E-state index contributed by atoms with van der Waals surface area (Å²) in [4.78, 5) is 29.8. The number of aryl methyl sites for hydroxylation is 2. The number of primary amides is 1. The molecule has 1 amide bonds. The summed E-state index contributed by atoms with van der Waals surface area (Å²) in [6.45, 7) is 3.99. The van der Waals surface area contributed by atoms with Gasteiger partial charge in [0.15, 0.2) is 5.78 Å². The van der Waals surface area contributed by atoms with Crippen LogP contribution in [0.2, 0.25) is 0 Å². The van der Waals surface area contributed by atoms with E-state index in [0.717, 1.165) is 34.2 Å². The van der Waals surface area contributed by atoms with Gasteiger partial charge in [0.2, 0.25) is 0 Å². The molecule has 5 aromatic rings. The van der Waals surface area contributed by atoms with Crippen molar-refractivity contribution < 1.29 is 22.8 Å². The molecule has 0 spiro atoms. The zero-order valence-corrected chi connectivity index (χ0v) is 22.5. The SMILES string of the molecule is Cc1cc2cnn(CC(=O)C[C@@H](Cc3cc(F)cc(F)c3)c3ncccc3-c3ccc(F)c(C(N)=O)c3)c2cc1C. The summed E-state index contributed by atoms with van der Waals surface area (Å²) >= 11 is 0. The van der Waals surface area contributed by atoms with Gasteiger partial charge in [-0.25, -0.2) is 13.2 Å². The second kappa shape index (κ2) is 11.4. The van der Waals surface area contributed by atoms with E-state index in [4.69, 9.17) is 5.73 Å². The molecule has 0 fully saturated rings. The summed E-state index contributed by atoms with van der Waals surface area (Å²) in [5.41, 5.74) is 9.92. The maximum Gasteiger partial charge on any atom is 0.251 e. The van der Waals surface area contributed by atoms with Crippen LogP contribution in [0.15, 0.2) is 73.1 Å². The first-order valence-electron chi connectivity index (χ1n) is 13.0. The molecule has 1 atom stereocenters. The third-order valence-electron chi connectivity index (χ3n) is 7.23. The van der Waals surface area contributed by atoms with Crippen molar-refractivity contribution in [3.8, 4) is 11.1 Å². The Balaban J connectivity index is 1.53. The van der Waals surface area contributed by atoms with Gasteiger partial charge in [-0.3, -0.25) is 19.3 Å². The first kappa shape index (κ1) is 27.8. The minimum Gasteiger partial charge on any atom is -0.366 e. The highest BCUT2D eigenvalue weighted by molar-refractivity contribution is 5.94. The first-order valence-corrected chi connectivity index (χ1v) is 13.0. The Hall–Kier alpha value is -4.79. The monoisotopic (exact) mass is 556 g/mol. The van der Waals surface area contributed by atoms with Crippen molar-refractivity contribution in [1.82, 2.24) is 14.8 Å². The number of Topliss-reactive ketones (excluding diaryl/α,β-unsaturated/α-hetero) is 1. The summed E-state index contributed by atoms with van der Waals surface area (Å²) in [5.74, 6) is -3.91. The van der Waals surface area contributed by atoms with E-state index in [-0.39, 0.29) is 30.7 Å². The summed E-state index contributed by atoms with van der Waals surface area (Å²) in [6.07, 6.45) is 3.35. The molecule has 9 heteroatoms. The normalized spacial score (nSPS) is 12.0. The number of carbonyl (C=O) groups excluding carboxylic acids is 2. The molecule has 0 aliphatic heterocycles. The van der Waals surface area contributed by atoms with E-state index >= 15 is 0 Å². The molecule has 2 heterocycles. The maximum atomic E-state index is 14.2. The second-order valence-electron chi connectivity index (χ2n) is 10.2. The number of fused-ring (bicyclic) bond motifs is 1. The minimum atomic E-state index is -0.923. The van der Waals surface area contributed by atoms with E-state index in [9.17, 15) is 22.8 Å². The van der Waals surface area contributed by atoms with Crippen molar-refractivity contribution in [3.63, 3.8) is 0 Å². The Kier molecular flexibility index (Phi) is 7.70. The van der Waals surface area contributed by atoms with Crippen molar-refractivity contribution in [2.24, 2.45) is 5.73 Å². The fourth-order valence-corrected chi connectivity index (χ4v) is 5.12. The predicted molar refractivity (Wildman–Crippen MR) is 150 cm³/mol. The maximum absolute atomic E-state index is 14.2. The number of rotatable bonds is 9. The lowest BCUT2D eigenvalue weighted by atomic mass is 9.86. The minimum absolute atomic E-state index is 0.00937. The van der Waals surface area contributed by atoms with Gasteiger partial charge in [0.1, 0.15) is 24.0 Å². The van der Waals surface area contributed by atoms with Gasteiger partial charge in [-0.15, -0.1) is 0 Å². The quantitative estimate of drug-likeness (QED) is 0.234. The average molecular weight is 557 g/mol. The Morgan fingerprint density at radius 3 is 2.41 bits per heavy atom. The molecule has 0 aliphatic rings. The third-order valence-corrected chi connectivity index (χ3v) is 7.23. The molecule has 0 saturated carbocycles. The lowest BCUT2D eigenvalue weighted by Crippen LogP contribution is -2.18. The number of benzene rings is 3. The van der Waals surface area contributed by atoms with Crippen LogP contribution in [-0.4, -0.2) is 26.5 Å². The Morgan fingerprint density at radius 1 is 0.951 bits per heavy atom. The number of hydrogen-bond donors (Lipinski definition) is 1. The number of aromatic nitrogens is 3. The number of hydrogen-bond acceptors (Lipinski definition) is 4. The number of nitrogens with two attached hydrogens (primary N) is 1. The molecule has 5 rings (SSSR count). The van der Waals surface area contributed by atoms with E-state index in [1.807, 2.05) is 26.0 Å².